The number of nitrogens with one attached hydrogen (secondary N) is 2. The van der Waals surface area contributed by atoms with Crippen LogP contribution in [0.4, 0.5) is 0 Å². The molecule has 11 nitrogen and oxygen atoms in total. The first-order valence-corrected chi connectivity index (χ1v) is 8.05. The largest absolute Gasteiger partial charge is 0.395 e. The minimum absolute atomic E-state index is 0.0491. The smallest absolute Gasteiger partial charge is 0.217 e. The van der Waals surface area contributed by atoms with E-state index in [0.717, 1.165) is 0 Å². The molecule has 2 aliphatic heterocycles. The molecule has 0 unspecified atom stereocenters. The van der Waals surface area contributed by atoms with Gasteiger partial charge in [0.2, 0.25) is 5.91 Å². The molecule has 2 rings (SSSR count). The lowest BCUT2D eigenvalue weighted by Crippen LogP contribution is -2.68. The number of aliphatic hydroxyl groups excluding tert-OH is 6. The lowest BCUT2D eigenvalue weighted by atomic mass is 9.94. The lowest BCUT2D eigenvalue weighted by molar-refractivity contribution is -0.298. The predicted molar refractivity (Wildman–Crippen MR) is 81.1 cm³/mol. The van der Waals surface area contributed by atoms with Gasteiger partial charge >= 0.3 is 0 Å². The zero-order chi connectivity index (χ0) is 18.7. The third-order valence-corrected chi connectivity index (χ3v) is 4.46. The second-order valence-electron chi connectivity index (χ2n) is 6.29. The fourth-order valence-electron chi connectivity index (χ4n) is 3.05. The minimum atomic E-state index is -1.49. The summed E-state index contributed by atoms with van der Waals surface area (Å²) in [6.45, 7) is 0.238. The maximum absolute atomic E-state index is 11.4. The second kappa shape index (κ2) is 8.66. The third-order valence-electron chi connectivity index (χ3n) is 4.46. The van der Waals surface area contributed by atoms with Gasteiger partial charge < -0.3 is 50.7 Å². The number of β-amino-alcohol motifs (C(OH)–C–C–N with tert-alkyl or cyclic N) is 1. The van der Waals surface area contributed by atoms with Gasteiger partial charge in [-0.25, -0.2) is 0 Å². The van der Waals surface area contributed by atoms with Crippen molar-refractivity contribution < 1.29 is 44.9 Å². The monoisotopic (exact) mass is 366 g/mol. The maximum Gasteiger partial charge on any atom is 0.217 e. The molecular weight excluding hydrogens is 340 g/mol. The number of ether oxygens (including phenoxy) is 2. The Morgan fingerprint density at radius 3 is 2.40 bits per heavy atom. The first-order chi connectivity index (χ1) is 11.8. The van der Waals surface area contributed by atoms with E-state index in [9.17, 15) is 35.4 Å². The summed E-state index contributed by atoms with van der Waals surface area (Å²) in [4.78, 5) is 11.4. The van der Waals surface area contributed by atoms with Gasteiger partial charge in [-0.15, -0.1) is 0 Å². The highest BCUT2D eigenvalue weighted by molar-refractivity contribution is 5.73. The average molecular weight is 366 g/mol. The number of hydrogen-bond acceptors (Lipinski definition) is 10. The molecule has 0 radical (unpaired) electrons. The van der Waals surface area contributed by atoms with Gasteiger partial charge in [-0.3, -0.25) is 4.79 Å². The van der Waals surface area contributed by atoms with E-state index >= 15 is 0 Å². The van der Waals surface area contributed by atoms with Gasteiger partial charge in [0.25, 0.3) is 0 Å². The molecule has 2 fully saturated rings. The molecule has 0 aliphatic carbocycles. The van der Waals surface area contributed by atoms with Gasteiger partial charge in [-0.05, 0) is 0 Å². The fourth-order valence-corrected chi connectivity index (χ4v) is 3.05. The molecule has 8 N–H and O–H groups in total. The van der Waals surface area contributed by atoms with Crippen LogP contribution in [0.3, 0.4) is 0 Å². The normalized spacial score (nSPS) is 45.2. The van der Waals surface area contributed by atoms with E-state index in [-0.39, 0.29) is 6.54 Å². The van der Waals surface area contributed by atoms with Crippen LogP contribution in [-0.4, -0.2) is 111 Å². The van der Waals surface area contributed by atoms with Gasteiger partial charge in [0.05, 0.1) is 25.4 Å². The molecule has 0 saturated carbocycles. The van der Waals surface area contributed by atoms with Crippen molar-refractivity contribution >= 4 is 5.91 Å². The molecule has 1 amide bonds. The SMILES string of the molecule is CC(=O)N[C@@H]1[C@H](O[C@@H]2[C@@H](O)[C@H](O)CN[C@H]2CO)O[C@H](CO)[C@@H](O)[C@@H]1O. The topological polar surface area (TPSA) is 181 Å². The molecule has 0 aromatic rings. The van der Waals surface area contributed by atoms with Crippen LogP contribution in [0.5, 0.6) is 0 Å². The third kappa shape index (κ3) is 4.45. The molecule has 0 spiro atoms. The zero-order valence-electron chi connectivity index (χ0n) is 13.7. The number of amides is 1. The molecule has 11 heteroatoms. The van der Waals surface area contributed by atoms with Crippen molar-refractivity contribution in [3.05, 3.63) is 0 Å². The van der Waals surface area contributed by atoms with Crippen LogP contribution < -0.4 is 10.6 Å². The Kier molecular flexibility index (Phi) is 7.08. The molecule has 0 aromatic carbocycles. The Labute approximate surface area is 144 Å². The van der Waals surface area contributed by atoms with Crippen molar-refractivity contribution in [2.45, 2.75) is 61.9 Å². The fraction of sp³-hybridized carbons (Fsp3) is 0.929. The van der Waals surface area contributed by atoms with E-state index in [1.54, 1.807) is 0 Å². The molecule has 9 atom stereocenters. The molecule has 2 saturated heterocycles. The minimum Gasteiger partial charge on any atom is -0.395 e. The first kappa shape index (κ1) is 20.4. The summed E-state index contributed by atoms with van der Waals surface area (Å²) in [5, 5.41) is 64.0. The van der Waals surface area contributed by atoms with E-state index in [0.29, 0.717) is 0 Å². The summed E-state index contributed by atoms with van der Waals surface area (Å²) >= 11 is 0. The van der Waals surface area contributed by atoms with E-state index in [2.05, 4.69) is 10.6 Å². The Bertz CT molecular complexity index is 452. The maximum atomic E-state index is 11.4. The second-order valence-corrected chi connectivity index (χ2v) is 6.29. The molecular formula is C14H26N2O9. The van der Waals surface area contributed by atoms with Gasteiger partial charge in [0.1, 0.15) is 36.6 Å². The number of aliphatic hydroxyl groups is 6. The van der Waals surface area contributed by atoms with Crippen LogP contribution in [0.15, 0.2) is 0 Å². The highest BCUT2D eigenvalue weighted by Crippen LogP contribution is 2.26. The molecule has 0 bridgehead atoms. The highest BCUT2D eigenvalue weighted by atomic mass is 16.7. The Morgan fingerprint density at radius 2 is 1.84 bits per heavy atom. The van der Waals surface area contributed by atoms with Gasteiger partial charge in [0, 0.05) is 13.5 Å². The lowest BCUT2D eigenvalue weighted by Gasteiger charge is -2.46. The van der Waals surface area contributed by atoms with Crippen molar-refractivity contribution in [3.8, 4) is 0 Å². The van der Waals surface area contributed by atoms with Crippen LogP contribution in [0.1, 0.15) is 6.92 Å². The van der Waals surface area contributed by atoms with Crippen molar-refractivity contribution in [2.75, 3.05) is 19.8 Å². The summed E-state index contributed by atoms with van der Waals surface area (Å²) < 4.78 is 11.0. The molecule has 2 aliphatic rings. The number of piperidine rings is 1. The van der Waals surface area contributed by atoms with E-state index in [1.807, 2.05) is 0 Å². The van der Waals surface area contributed by atoms with Crippen molar-refractivity contribution in [1.82, 2.24) is 10.6 Å². The Hall–Kier alpha value is -0.890. The van der Waals surface area contributed by atoms with Crippen molar-refractivity contribution in [3.63, 3.8) is 0 Å². The van der Waals surface area contributed by atoms with Crippen LogP contribution >= 0.6 is 0 Å². The summed E-state index contributed by atoms with van der Waals surface area (Å²) in [5.41, 5.74) is 0. The van der Waals surface area contributed by atoms with E-state index in [4.69, 9.17) is 9.47 Å². The number of carbonyl (C=O) groups is 1. The van der Waals surface area contributed by atoms with Gasteiger partial charge in [-0.2, -0.15) is 0 Å². The molecule has 2 heterocycles. The molecule has 25 heavy (non-hydrogen) atoms. The van der Waals surface area contributed by atoms with E-state index in [1.165, 1.54) is 6.92 Å². The summed E-state index contributed by atoms with van der Waals surface area (Å²) in [6, 6.07) is -1.91. The number of rotatable bonds is 5. The average Bonchev–Trinajstić information content (AvgIpc) is 2.58. The van der Waals surface area contributed by atoms with Gasteiger partial charge in [-0.1, -0.05) is 0 Å². The van der Waals surface area contributed by atoms with Crippen LogP contribution in [-0.2, 0) is 14.3 Å². The Balaban J connectivity index is 2.20. The summed E-state index contributed by atoms with van der Waals surface area (Å²) in [5.74, 6) is -0.517. The highest BCUT2D eigenvalue weighted by Gasteiger charge is 2.48. The van der Waals surface area contributed by atoms with Crippen molar-refractivity contribution in [1.29, 1.82) is 0 Å². The molecule has 0 aromatic heterocycles. The van der Waals surface area contributed by atoms with Gasteiger partial charge in [0.15, 0.2) is 6.29 Å². The van der Waals surface area contributed by atoms with Crippen LogP contribution in [0, 0.1) is 0 Å². The predicted octanol–water partition coefficient (Wildman–Crippen LogP) is -5.00. The standard InChI is InChI=1S/C14H26N2O9/c1-5(19)16-9-12(23)11(22)8(4-18)24-14(9)25-13-6(3-17)15-2-7(20)10(13)21/h6-15,17-18,20-23H,2-4H2,1H3,(H,16,19)/t6-,7+,8+,9-,10-,11+,12+,13-,14-/m0/s1. The van der Waals surface area contributed by atoms with E-state index < -0.39 is 74.1 Å². The van der Waals surface area contributed by atoms with Crippen molar-refractivity contribution in [2.24, 2.45) is 0 Å². The first-order valence-electron chi connectivity index (χ1n) is 8.05. The molecule has 146 valence electrons. The zero-order valence-corrected chi connectivity index (χ0v) is 13.7. The summed E-state index contributed by atoms with van der Waals surface area (Å²) in [6.07, 6.45) is -9.08. The number of hydrogen-bond donors (Lipinski definition) is 8. The summed E-state index contributed by atoms with van der Waals surface area (Å²) in [7, 11) is 0. The Morgan fingerprint density at radius 1 is 1.16 bits per heavy atom. The quantitative estimate of drug-likeness (QED) is 0.235. The van der Waals surface area contributed by atoms with Crippen LogP contribution in [0.25, 0.3) is 0 Å². The van der Waals surface area contributed by atoms with Crippen LogP contribution in [0.2, 0.25) is 0 Å². The number of carbonyl (C=O) groups excluding carboxylic acids is 1.